The Bertz CT molecular complexity index is 805. The molecule has 2 heterocycles. The molecule has 29 heavy (non-hydrogen) atoms. The van der Waals surface area contributed by atoms with Gasteiger partial charge in [0.25, 0.3) is 5.91 Å². The molecule has 4 rings (SSSR count). The van der Waals surface area contributed by atoms with Crippen LogP contribution in [0, 0.1) is 0 Å². The molecule has 1 aliphatic heterocycles. The van der Waals surface area contributed by atoms with Gasteiger partial charge in [-0.3, -0.25) is 9.69 Å². The van der Waals surface area contributed by atoms with Gasteiger partial charge in [0.2, 0.25) is 0 Å². The largest absolute Gasteiger partial charge is 0.381 e. The quantitative estimate of drug-likeness (QED) is 0.813. The molecule has 0 unspecified atom stereocenters. The number of benzene rings is 1. The molecule has 1 aromatic heterocycles. The van der Waals surface area contributed by atoms with Gasteiger partial charge in [-0.15, -0.1) is 0 Å². The minimum atomic E-state index is 0.0388. The third kappa shape index (κ3) is 5.45. The standard InChI is InChI=1S/C24H30N4O/c29-24(23-13-12-22(19-25-23)26-21-10-4-5-11-21)28-17-15-27(16-18-28)14-6-9-20-7-2-1-3-8-20/h1-3,6-9,12-13,19,21,26H,4-5,10-11,14-18H2/b9-6+. The van der Waals surface area contributed by atoms with E-state index in [4.69, 9.17) is 0 Å². The molecule has 1 amide bonds. The summed E-state index contributed by atoms with van der Waals surface area (Å²) in [7, 11) is 0. The zero-order valence-corrected chi connectivity index (χ0v) is 17.0. The van der Waals surface area contributed by atoms with Crippen LogP contribution in [0.4, 0.5) is 5.69 Å². The molecule has 5 heteroatoms. The first-order chi connectivity index (χ1) is 14.3. The molecule has 0 atom stereocenters. The van der Waals surface area contributed by atoms with Crippen LogP contribution < -0.4 is 5.32 Å². The molecule has 1 N–H and O–H groups in total. The number of hydrogen-bond donors (Lipinski definition) is 1. The van der Waals surface area contributed by atoms with Crippen molar-refractivity contribution in [3.05, 3.63) is 66.0 Å². The number of nitrogens with one attached hydrogen (secondary N) is 1. The third-order valence-corrected chi connectivity index (χ3v) is 5.84. The average molecular weight is 391 g/mol. The SMILES string of the molecule is O=C(c1ccc(NC2CCCC2)cn1)N1CCN(C/C=C/c2ccccc2)CC1. The lowest BCUT2D eigenvalue weighted by atomic mass is 10.2. The molecule has 1 saturated heterocycles. The summed E-state index contributed by atoms with van der Waals surface area (Å²) in [5, 5.41) is 3.52. The van der Waals surface area contributed by atoms with Crippen LogP contribution in [0.25, 0.3) is 6.08 Å². The molecule has 152 valence electrons. The van der Waals surface area contributed by atoms with Crippen LogP contribution in [0.2, 0.25) is 0 Å². The smallest absolute Gasteiger partial charge is 0.272 e. The second-order valence-corrected chi connectivity index (χ2v) is 7.96. The number of piperazine rings is 1. The Morgan fingerprint density at radius 1 is 1.03 bits per heavy atom. The maximum Gasteiger partial charge on any atom is 0.272 e. The first-order valence-electron chi connectivity index (χ1n) is 10.7. The van der Waals surface area contributed by atoms with E-state index in [1.165, 1.54) is 31.2 Å². The highest BCUT2D eigenvalue weighted by Gasteiger charge is 2.22. The van der Waals surface area contributed by atoms with E-state index in [1.54, 1.807) is 6.20 Å². The van der Waals surface area contributed by atoms with Crippen molar-refractivity contribution in [1.82, 2.24) is 14.8 Å². The van der Waals surface area contributed by atoms with Crippen LogP contribution in [-0.2, 0) is 0 Å². The van der Waals surface area contributed by atoms with Gasteiger partial charge in [0.05, 0.1) is 11.9 Å². The van der Waals surface area contributed by atoms with Crippen LogP contribution in [0.3, 0.4) is 0 Å². The normalized spacial score (nSPS) is 18.4. The van der Waals surface area contributed by atoms with E-state index in [0.29, 0.717) is 11.7 Å². The fourth-order valence-corrected chi connectivity index (χ4v) is 4.11. The number of nitrogens with zero attached hydrogens (tertiary/aromatic N) is 3. The Labute approximate surface area is 173 Å². The predicted molar refractivity (Wildman–Crippen MR) is 118 cm³/mol. The van der Waals surface area contributed by atoms with E-state index in [0.717, 1.165) is 38.4 Å². The molecule has 2 aliphatic rings. The highest BCUT2D eigenvalue weighted by atomic mass is 16.2. The van der Waals surface area contributed by atoms with Gasteiger partial charge in [0.15, 0.2) is 0 Å². The molecule has 1 saturated carbocycles. The monoisotopic (exact) mass is 390 g/mol. The topological polar surface area (TPSA) is 48.5 Å². The first kappa shape index (κ1) is 19.6. The second kappa shape index (κ2) is 9.70. The van der Waals surface area contributed by atoms with Gasteiger partial charge in [-0.25, -0.2) is 4.98 Å². The molecular weight excluding hydrogens is 360 g/mol. The summed E-state index contributed by atoms with van der Waals surface area (Å²) in [5.41, 5.74) is 2.78. The van der Waals surface area contributed by atoms with Gasteiger partial charge in [0, 0.05) is 38.8 Å². The maximum absolute atomic E-state index is 12.8. The summed E-state index contributed by atoms with van der Waals surface area (Å²) in [6.07, 6.45) is 11.2. The molecule has 0 bridgehead atoms. The van der Waals surface area contributed by atoms with Crippen LogP contribution in [0.15, 0.2) is 54.7 Å². The Morgan fingerprint density at radius 3 is 2.48 bits per heavy atom. The molecule has 2 aromatic rings. The number of rotatable bonds is 6. The number of anilines is 1. The highest BCUT2D eigenvalue weighted by molar-refractivity contribution is 5.92. The predicted octanol–water partition coefficient (Wildman–Crippen LogP) is 3.91. The number of carbonyl (C=O) groups is 1. The average Bonchev–Trinajstić information content (AvgIpc) is 3.28. The first-order valence-corrected chi connectivity index (χ1v) is 10.7. The summed E-state index contributed by atoms with van der Waals surface area (Å²) in [5.74, 6) is 0.0388. The van der Waals surface area contributed by atoms with Crippen LogP contribution in [0.5, 0.6) is 0 Å². The van der Waals surface area contributed by atoms with Crippen LogP contribution in [-0.4, -0.2) is 59.5 Å². The van der Waals surface area contributed by atoms with Gasteiger partial charge in [-0.2, -0.15) is 0 Å². The molecule has 0 radical (unpaired) electrons. The summed E-state index contributed by atoms with van der Waals surface area (Å²) in [4.78, 5) is 21.5. The molecule has 5 nitrogen and oxygen atoms in total. The maximum atomic E-state index is 12.8. The summed E-state index contributed by atoms with van der Waals surface area (Å²) >= 11 is 0. The number of pyridine rings is 1. The number of carbonyl (C=O) groups excluding carboxylic acids is 1. The van der Waals surface area contributed by atoms with Crippen molar-refractivity contribution in [2.45, 2.75) is 31.7 Å². The van der Waals surface area contributed by atoms with Crippen molar-refractivity contribution in [2.24, 2.45) is 0 Å². The lowest BCUT2D eigenvalue weighted by molar-refractivity contribution is 0.0644. The van der Waals surface area contributed by atoms with Gasteiger partial charge in [-0.05, 0) is 30.5 Å². The molecule has 2 fully saturated rings. The zero-order chi connectivity index (χ0) is 19.9. The van der Waals surface area contributed by atoms with E-state index in [1.807, 2.05) is 23.1 Å². The van der Waals surface area contributed by atoms with Crippen molar-refractivity contribution < 1.29 is 4.79 Å². The van der Waals surface area contributed by atoms with E-state index >= 15 is 0 Å². The lowest BCUT2D eigenvalue weighted by Crippen LogP contribution is -2.48. The Kier molecular flexibility index (Phi) is 6.57. The van der Waals surface area contributed by atoms with E-state index in [2.05, 4.69) is 51.6 Å². The minimum absolute atomic E-state index is 0.0388. The molecular formula is C24H30N4O. The summed E-state index contributed by atoms with van der Waals surface area (Å²) < 4.78 is 0. The van der Waals surface area contributed by atoms with Gasteiger partial charge < -0.3 is 10.2 Å². The minimum Gasteiger partial charge on any atom is -0.381 e. The fourth-order valence-electron chi connectivity index (χ4n) is 4.11. The Balaban J connectivity index is 1.23. The Hall–Kier alpha value is -2.66. The lowest BCUT2D eigenvalue weighted by Gasteiger charge is -2.34. The fraction of sp³-hybridized carbons (Fsp3) is 0.417. The van der Waals surface area contributed by atoms with Crippen LogP contribution in [0.1, 0.15) is 41.7 Å². The zero-order valence-electron chi connectivity index (χ0n) is 17.0. The van der Waals surface area contributed by atoms with E-state index < -0.39 is 0 Å². The van der Waals surface area contributed by atoms with Crippen molar-refractivity contribution in [3.63, 3.8) is 0 Å². The number of aromatic nitrogens is 1. The van der Waals surface area contributed by atoms with Gasteiger partial charge >= 0.3 is 0 Å². The van der Waals surface area contributed by atoms with Crippen molar-refractivity contribution in [3.8, 4) is 0 Å². The van der Waals surface area contributed by atoms with Gasteiger partial charge in [0.1, 0.15) is 5.69 Å². The van der Waals surface area contributed by atoms with E-state index in [-0.39, 0.29) is 5.91 Å². The van der Waals surface area contributed by atoms with E-state index in [9.17, 15) is 4.79 Å². The molecule has 0 spiro atoms. The second-order valence-electron chi connectivity index (χ2n) is 7.96. The van der Waals surface area contributed by atoms with Crippen molar-refractivity contribution in [1.29, 1.82) is 0 Å². The van der Waals surface area contributed by atoms with Gasteiger partial charge in [-0.1, -0.05) is 55.3 Å². The number of hydrogen-bond acceptors (Lipinski definition) is 4. The van der Waals surface area contributed by atoms with Crippen molar-refractivity contribution in [2.75, 3.05) is 38.0 Å². The van der Waals surface area contributed by atoms with Crippen molar-refractivity contribution >= 4 is 17.7 Å². The highest BCUT2D eigenvalue weighted by Crippen LogP contribution is 2.22. The third-order valence-electron chi connectivity index (χ3n) is 5.84. The molecule has 1 aromatic carbocycles. The van der Waals surface area contributed by atoms with Crippen LogP contribution >= 0.6 is 0 Å². The number of amides is 1. The summed E-state index contributed by atoms with van der Waals surface area (Å²) in [6.45, 7) is 4.21. The Morgan fingerprint density at radius 2 is 1.79 bits per heavy atom. The summed E-state index contributed by atoms with van der Waals surface area (Å²) in [6, 6.07) is 14.7. The molecule has 1 aliphatic carbocycles.